The highest BCUT2D eigenvalue weighted by atomic mass is 16.5. The Morgan fingerprint density at radius 3 is 2.78 bits per heavy atom. The van der Waals surface area contributed by atoms with Crippen LogP contribution in [0, 0.1) is 0 Å². The molecule has 0 saturated heterocycles. The molecular formula is C29H34N6O2. The number of nitrogens with zero attached hydrogens (tertiary/aromatic N) is 4. The maximum atomic E-state index is 6.07. The predicted octanol–water partition coefficient (Wildman–Crippen LogP) is 6.22. The van der Waals surface area contributed by atoms with Crippen molar-refractivity contribution >= 4 is 34.7 Å². The van der Waals surface area contributed by atoms with E-state index in [1.807, 2.05) is 49.5 Å². The van der Waals surface area contributed by atoms with Crippen LogP contribution in [0.4, 0.5) is 11.6 Å². The molecule has 0 aliphatic carbocycles. The molecule has 0 amide bonds. The monoisotopic (exact) mass is 498 g/mol. The molecule has 8 nitrogen and oxygen atoms in total. The van der Waals surface area contributed by atoms with Gasteiger partial charge in [-0.15, -0.1) is 0 Å². The van der Waals surface area contributed by atoms with Crippen LogP contribution in [0.2, 0.25) is 0 Å². The summed E-state index contributed by atoms with van der Waals surface area (Å²) in [5.41, 5.74) is 12.9. The largest absolute Gasteiger partial charge is 0.497 e. The Labute approximate surface area is 217 Å². The number of aromatic amines is 1. The van der Waals surface area contributed by atoms with Gasteiger partial charge in [0.1, 0.15) is 18.1 Å². The first-order valence-corrected chi connectivity index (χ1v) is 12.5. The maximum Gasteiger partial charge on any atom is 0.200 e. The number of pyridine rings is 1. The van der Waals surface area contributed by atoms with E-state index in [-0.39, 0.29) is 0 Å². The molecule has 0 bridgehead atoms. The summed E-state index contributed by atoms with van der Waals surface area (Å²) in [6.07, 6.45) is 4.84. The minimum absolute atomic E-state index is 0.355. The number of ether oxygens (including phenoxy) is 2. The molecule has 0 radical (unpaired) electrons. The maximum absolute atomic E-state index is 6.07. The van der Waals surface area contributed by atoms with Crippen LogP contribution in [0.25, 0.3) is 28.0 Å². The third-order valence-corrected chi connectivity index (χ3v) is 5.89. The molecule has 4 aromatic rings. The molecule has 2 aromatic carbocycles. The molecular weight excluding hydrogens is 464 g/mol. The SMILES string of the molecule is C=C(c1cc(OC)ccc1N=CC)N1CCOc2ccc(-c3cnc4nc(N)[nH]c4c3)cc2C1.CCC. The first kappa shape index (κ1) is 25.8. The third kappa shape index (κ3) is 5.74. The zero-order chi connectivity index (χ0) is 26.4. The van der Waals surface area contributed by atoms with Crippen molar-refractivity contribution in [3.63, 3.8) is 0 Å². The fourth-order valence-electron chi connectivity index (χ4n) is 4.18. The number of methoxy groups -OCH3 is 1. The van der Waals surface area contributed by atoms with Gasteiger partial charge < -0.3 is 25.1 Å². The van der Waals surface area contributed by atoms with Gasteiger partial charge in [-0.25, -0.2) is 4.98 Å². The van der Waals surface area contributed by atoms with Crippen LogP contribution < -0.4 is 15.2 Å². The molecule has 37 heavy (non-hydrogen) atoms. The number of nitrogens with one attached hydrogen (secondary N) is 1. The summed E-state index contributed by atoms with van der Waals surface area (Å²) in [4.78, 5) is 18.4. The Morgan fingerprint density at radius 2 is 2.03 bits per heavy atom. The lowest BCUT2D eigenvalue weighted by Gasteiger charge is -2.26. The number of benzene rings is 2. The Hall–Kier alpha value is -4.33. The molecule has 3 heterocycles. The average molecular weight is 499 g/mol. The van der Waals surface area contributed by atoms with Crippen LogP contribution in [-0.2, 0) is 6.54 Å². The third-order valence-electron chi connectivity index (χ3n) is 5.89. The van der Waals surface area contributed by atoms with Gasteiger partial charge >= 0.3 is 0 Å². The quantitative estimate of drug-likeness (QED) is 0.317. The van der Waals surface area contributed by atoms with Crippen LogP contribution in [0.15, 0.2) is 60.2 Å². The predicted molar refractivity (Wildman–Crippen MR) is 151 cm³/mol. The summed E-state index contributed by atoms with van der Waals surface area (Å²) in [5.74, 6) is 1.99. The number of nitrogen functional groups attached to an aromatic ring is 1. The van der Waals surface area contributed by atoms with Gasteiger partial charge in [-0.05, 0) is 48.9 Å². The van der Waals surface area contributed by atoms with Crippen LogP contribution in [0.5, 0.6) is 11.5 Å². The van der Waals surface area contributed by atoms with Crippen molar-refractivity contribution in [3.05, 3.63) is 66.4 Å². The van der Waals surface area contributed by atoms with Crippen LogP contribution in [-0.4, -0.2) is 46.3 Å². The minimum atomic E-state index is 0.355. The van der Waals surface area contributed by atoms with Crippen molar-refractivity contribution in [1.29, 1.82) is 0 Å². The highest BCUT2D eigenvalue weighted by molar-refractivity contribution is 5.80. The van der Waals surface area contributed by atoms with Crippen molar-refractivity contribution in [2.24, 2.45) is 4.99 Å². The van der Waals surface area contributed by atoms with Crippen LogP contribution in [0.1, 0.15) is 38.3 Å². The first-order chi connectivity index (χ1) is 18.0. The second-order valence-corrected chi connectivity index (χ2v) is 8.73. The lowest BCUT2D eigenvalue weighted by atomic mass is 10.0. The number of anilines is 1. The number of aromatic nitrogens is 3. The van der Waals surface area contributed by atoms with Gasteiger partial charge in [0, 0.05) is 41.3 Å². The molecule has 0 fully saturated rings. The van der Waals surface area contributed by atoms with Gasteiger partial charge in [0.25, 0.3) is 0 Å². The number of H-pyrrole nitrogens is 1. The van der Waals surface area contributed by atoms with E-state index in [4.69, 9.17) is 15.2 Å². The van der Waals surface area contributed by atoms with Gasteiger partial charge in [0.15, 0.2) is 11.6 Å². The second-order valence-electron chi connectivity index (χ2n) is 8.73. The zero-order valence-corrected chi connectivity index (χ0v) is 21.9. The molecule has 0 atom stereocenters. The van der Waals surface area contributed by atoms with E-state index in [1.165, 1.54) is 6.42 Å². The van der Waals surface area contributed by atoms with Gasteiger partial charge in [-0.3, -0.25) is 4.99 Å². The fraction of sp³-hybridized carbons (Fsp3) is 0.276. The molecule has 1 aliphatic heterocycles. The number of hydrogen-bond donors (Lipinski definition) is 2. The lowest BCUT2D eigenvalue weighted by molar-refractivity contribution is 0.283. The summed E-state index contributed by atoms with van der Waals surface area (Å²) >= 11 is 0. The molecule has 0 spiro atoms. The minimum Gasteiger partial charge on any atom is -0.497 e. The van der Waals surface area contributed by atoms with E-state index >= 15 is 0 Å². The van der Waals surface area contributed by atoms with E-state index in [0.29, 0.717) is 31.3 Å². The van der Waals surface area contributed by atoms with Crippen LogP contribution in [0.3, 0.4) is 0 Å². The molecule has 1 aliphatic rings. The van der Waals surface area contributed by atoms with E-state index in [2.05, 4.69) is 51.3 Å². The molecule has 5 rings (SSSR count). The number of imidazole rings is 1. The van der Waals surface area contributed by atoms with Gasteiger partial charge in [-0.2, -0.15) is 4.98 Å². The normalized spacial score (nSPS) is 12.9. The molecule has 3 N–H and O–H groups in total. The molecule has 8 heteroatoms. The fourth-order valence-corrected chi connectivity index (χ4v) is 4.18. The topological polar surface area (TPSA) is 102 Å². The Balaban J connectivity index is 0.00000102. The second kappa shape index (κ2) is 11.6. The number of hydrogen-bond acceptors (Lipinski definition) is 7. The van der Waals surface area contributed by atoms with Gasteiger partial charge in [0.05, 0.1) is 24.9 Å². The summed E-state index contributed by atoms with van der Waals surface area (Å²) in [6, 6.07) is 14.0. The van der Waals surface area contributed by atoms with Crippen LogP contribution >= 0.6 is 0 Å². The van der Waals surface area contributed by atoms with E-state index < -0.39 is 0 Å². The van der Waals surface area contributed by atoms with E-state index in [9.17, 15) is 0 Å². The smallest absolute Gasteiger partial charge is 0.200 e. The number of rotatable bonds is 5. The molecule has 192 valence electrons. The number of aliphatic imine (C=N–C) groups is 1. The van der Waals surface area contributed by atoms with Crippen molar-refractivity contribution in [3.8, 4) is 22.6 Å². The van der Waals surface area contributed by atoms with E-state index in [0.717, 1.165) is 50.7 Å². The molecule has 0 unspecified atom stereocenters. The van der Waals surface area contributed by atoms with Gasteiger partial charge in [-0.1, -0.05) is 32.9 Å². The standard InChI is InChI=1S/C26H26N6O2.C3H8/c1-4-28-22-7-6-20(33-3)13-21(22)16(2)32-9-10-34-24-8-5-17(11-19(24)15-32)18-12-23-25(29-14-18)31-26(27)30-23;1-3-2/h4-8,11-14H,2,9-10,15H2,1,3H3,(H3,27,29,30,31);3H2,1-2H3. The van der Waals surface area contributed by atoms with Crippen molar-refractivity contribution in [2.75, 3.05) is 26.0 Å². The van der Waals surface area contributed by atoms with Crippen molar-refractivity contribution in [1.82, 2.24) is 19.9 Å². The molecule has 0 saturated carbocycles. The highest BCUT2D eigenvalue weighted by Gasteiger charge is 2.20. The number of fused-ring (bicyclic) bond motifs is 2. The number of nitrogens with two attached hydrogens (primary N) is 1. The summed E-state index contributed by atoms with van der Waals surface area (Å²) in [5, 5.41) is 0. The molecule has 2 aromatic heterocycles. The van der Waals surface area contributed by atoms with Crippen molar-refractivity contribution in [2.45, 2.75) is 33.7 Å². The summed E-state index contributed by atoms with van der Waals surface area (Å²) in [7, 11) is 1.66. The Kier molecular flexibility index (Phi) is 8.08. The summed E-state index contributed by atoms with van der Waals surface area (Å²) in [6.45, 7) is 12.5. The zero-order valence-electron chi connectivity index (χ0n) is 21.9. The summed E-state index contributed by atoms with van der Waals surface area (Å²) < 4.78 is 11.5. The first-order valence-electron chi connectivity index (χ1n) is 12.5. The average Bonchev–Trinajstić information content (AvgIpc) is 3.14. The Bertz CT molecular complexity index is 1430. The van der Waals surface area contributed by atoms with Crippen molar-refractivity contribution < 1.29 is 9.47 Å². The Morgan fingerprint density at radius 1 is 1.22 bits per heavy atom. The van der Waals surface area contributed by atoms with Gasteiger partial charge in [0.2, 0.25) is 0 Å². The lowest BCUT2D eigenvalue weighted by Crippen LogP contribution is -2.24. The highest BCUT2D eigenvalue weighted by Crippen LogP contribution is 2.35. The van der Waals surface area contributed by atoms with E-state index in [1.54, 1.807) is 13.3 Å².